The maximum absolute atomic E-state index is 2.45. The molecule has 11 aromatic rings. The highest BCUT2D eigenvalue weighted by atomic mass is 15.1. The van der Waals surface area contributed by atoms with Crippen LogP contribution in [0.5, 0.6) is 0 Å². The first-order chi connectivity index (χ1) is 28.8. The van der Waals surface area contributed by atoms with Gasteiger partial charge in [-0.1, -0.05) is 164 Å². The van der Waals surface area contributed by atoms with E-state index in [2.05, 4.69) is 240 Å². The zero-order valence-corrected chi connectivity index (χ0v) is 31.8. The number of benzene rings is 10. The fraction of sp³-hybridized carbons (Fsp3) is 0. The van der Waals surface area contributed by atoms with E-state index >= 15 is 0 Å². The first-order valence-corrected chi connectivity index (χ1v) is 19.9. The summed E-state index contributed by atoms with van der Waals surface area (Å²) in [6.45, 7) is 0. The Bertz CT molecular complexity index is 3270. The molecular formula is C56H38N2. The number of rotatable bonds is 7. The summed E-state index contributed by atoms with van der Waals surface area (Å²) in [5, 5.41) is 7.42. The maximum atomic E-state index is 2.45. The molecule has 2 heteroatoms. The number of nitrogens with zero attached hydrogens (tertiary/aromatic N) is 2. The highest BCUT2D eigenvalue weighted by Gasteiger charge is 2.23. The van der Waals surface area contributed by atoms with Crippen molar-refractivity contribution in [1.29, 1.82) is 0 Å². The van der Waals surface area contributed by atoms with E-state index in [1.165, 1.54) is 76.7 Å². The normalized spacial score (nSPS) is 11.4. The van der Waals surface area contributed by atoms with Crippen LogP contribution in [0.1, 0.15) is 0 Å². The van der Waals surface area contributed by atoms with Gasteiger partial charge in [-0.05, 0) is 116 Å². The zero-order chi connectivity index (χ0) is 38.4. The van der Waals surface area contributed by atoms with Crippen LogP contribution in [0, 0.1) is 0 Å². The minimum atomic E-state index is 1.09. The highest BCUT2D eigenvalue weighted by molar-refractivity contribution is 6.17. The lowest BCUT2D eigenvalue weighted by Crippen LogP contribution is -2.11. The van der Waals surface area contributed by atoms with Crippen LogP contribution in [0.2, 0.25) is 0 Å². The smallest absolute Gasteiger partial charge is 0.0562 e. The molecule has 0 unspecified atom stereocenters. The molecule has 0 aliphatic rings. The summed E-state index contributed by atoms with van der Waals surface area (Å²) in [7, 11) is 0. The molecule has 10 aromatic carbocycles. The van der Waals surface area contributed by atoms with Gasteiger partial charge in [-0.15, -0.1) is 0 Å². The van der Waals surface area contributed by atoms with Crippen LogP contribution in [0.15, 0.2) is 231 Å². The van der Waals surface area contributed by atoms with Crippen molar-refractivity contribution in [3.63, 3.8) is 0 Å². The third-order valence-corrected chi connectivity index (χ3v) is 11.5. The van der Waals surface area contributed by atoms with Gasteiger partial charge in [-0.25, -0.2) is 0 Å². The summed E-state index contributed by atoms with van der Waals surface area (Å²) >= 11 is 0. The molecule has 272 valence electrons. The molecule has 2 nitrogen and oxygen atoms in total. The van der Waals surface area contributed by atoms with Crippen molar-refractivity contribution in [2.45, 2.75) is 0 Å². The van der Waals surface area contributed by atoms with Crippen molar-refractivity contribution in [3.8, 4) is 39.1 Å². The first kappa shape index (κ1) is 33.6. The molecule has 0 saturated carbocycles. The second-order valence-electron chi connectivity index (χ2n) is 15.0. The zero-order valence-electron chi connectivity index (χ0n) is 31.8. The Hall–Kier alpha value is -7.68. The molecule has 0 aliphatic heterocycles. The van der Waals surface area contributed by atoms with Crippen LogP contribution in [-0.2, 0) is 0 Å². The highest BCUT2D eigenvalue weighted by Crippen LogP contribution is 2.46. The van der Waals surface area contributed by atoms with Crippen LogP contribution >= 0.6 is 0 Å². The van der Waals surface area contributed by atoms with E-state index in [1.54, 1.807) is 0 Å². The van der Waals surface area contributed by atoms with Crippen molar-refractivity contribution in [2.24, 2.45) is 0 Å². The van der Waals surface area contributed by atoms with Gasteiger partial charge >= 0.3 is 0 Å². The summed E-state index contributed by atoms with van der Waals surface area (Å²) in [6, 6.07) is 83.7. The van der Waals surface area contributed by atoms with Crippen LogP contribution < -0.4 is 4.90 Å². The Morgan fingerprint density at radius 3 is 1.57 bits per heavy atom. The summed E-state index contributed by atoms with van der Waals surface area (Å²) in [5.41, 5.74) is 14.0. The second-order valence-corrected chi connectivity index (χ2v) is 15.0. The number of hydrogen-bond donors (Lipinski definition) is 0. The Morgan fingerprint density at radius 1 is 0.310 bits per heavy atom. The Labute approximate surface area is 338 Å². The first-order valence-electron chi connectivity index (χ1n) is 19.9. The van der Waals surface area contributed by atoms with E-state index in [0.717, 1.165) is 22.7 Å². The van der Waals surface area contributed by atoms with Crippen molar-refractivity contribution in [2.75, 3.05) is 4.90 Å². The van der Waals surface area contributed by atoms with Gasteiger partial charge < -0.3 is 9.47 Å². The number of anilines is 3. The topological polar surface area (TPSA) is 8.17 Å². The molecule has 0 saturated heterocycles. The van der Waals surface area contributed by atoms with Crippen LogP contribution in [-0.4, -0.2) is 4.57 Å². The summed E-state index contributed by atoms with van der Waals surface area (Å²) < 4.78 is 2.39. The minimum absolute atomic E-state index is 1.09. The number of aromatic nitrogens is 1. The standard InChI is InChI=1S/C56H38N2/c1-3-15-41(16-4-1)50-20-9-11-22-52(50)58(55-25-13-24-54-56(55)51-21-10-12-23-53(51)57(54)48-18-5-2-6-19-48)49-34-32-40(33-35-49)43-28-29-46-38-47(31-30-45(46)37-43)44-27-26-39-14-7-8-17-42(39)36-44/h1-38H. The molecule has 0 aliphatic carbocycles. The molecule has 58 heavy (non-hydrogen) atoms. The third kappa shape index (κ3) is 5.82. The molecule has 0 radical (unpaired) electrons. The predicted octanol–water partition coefficient (Wildman–Crippen LogP) is 15.6. The van der Waals surface area contributed by atoms with E-state index in [-0.39, 0.29) is 0 Å². The van der Waals surface area contributed by atoms with Gasteiger partial charge in [0.2, 0.25) is 0 Å². The minimum Gasteiger partial charge on any atom is -0.309 e. The van der Waals surface area contributed by atoms with Gasteiger partial charge in [0.1, 0.15) is 0 Å². The number of para-hydroxylation sites is 3. The van der Waals surface area contributed by atoms with Crippen molar-refractivity contribution in [1.82, 2.24) is 4.57 Å². The van der Waals surface area contributed by atoms with Gasteiger partial charge in [0.05, 0.1) is 22.4 Å². The van der Waals surface area contributed by atoms with Crippen molar-refractivity contribution in [3.05, 3.63) is 231 Å². The Balaban J connectivity index is 1.04. The predicted molar refractivity (Wildman–Crippen MR) is 247 cm³/mol. The molecule has 0 N–H and O–H groups in total. The SMILES string of the molecule is c1ccc(-c2ccccc2N(c2ccc(-c3ccc4cc(-c5ccc6ccccc6c5)ccc4c3)cc2)c2cccc3c2c2ccccc2n3-c2ccccc2)cc1. The third-order valence-electron chi connectivity index (χ3n) is 11.5. The van der Waals surface area contributed by atoms with Crippen molar-refractivity contribution >= 4 is 60.4 Å². The molecule has 1 aromatic heterocycles. The lowest BCUT2D eigenvalue weighted by Gasteiger charge is -2.29. The maximum Gasteiger partial charge on any atom is 0.0562 e. The van der Waals surface area contributed by atoms with E-state index in [0.29, 0.717) is 0 Å². The summed E-state index contributed by atoms with van der Waals surface area (Å²) in [6.07, 6.45) is 0. The molecule has 0 spiro atoms. The molecule has 0 bridgehead atoms. The van der Waals surface area contributed by atoms with Crippen LogP contribution in [0.3, 0.4) is 0 Å². The monoisotopic (exact) mass is 738 g/mol. The largest absolute Gasteiger partial charge is 0.309 e. The molecule has 0 fully saturated rings. The average molecular weight is 739 g/mol. The number of hydrogen-bond acceptors (Lipinski definition) is 1. The van der Waals surface area contributed by atoms with Gasteiger partial charge in [-0.3, -0.25) is 0 Å². The number of fused-ring (bicyclic) bond motifs is 5. The molecule has 11 rings (SSSR count). The van der Waals surface area contributed by atoms with E-state index in [1.807, 2.05) is 0 Å². The quantitative estimate of drug-likeness (QED) is 0.158. The van der Waals surface area contributed by atoms with E-state index in [4.69, 9.17) is 0 Å². The van der Waals surface area contributed by atoms with Crippen molar-refractivity contribution < 1.29 is 0 Å². The van der Waals surface area contributed by atoms with E-state index < -0.39 is 0 Å². The van der Waals surface area contributed by atoms with Gasteiger partial charge in [0, 0.05) is 27.7 Å². The summed E-state index contributed by atoms with van der Waals surface area (Å²) in [4.78, 5) is 2.45. The van der Waals surface area contributed by atoms with Crippen LogP contribution in [0.4, 0.5) is 17.1 Å². The van der Waals surface area contributed by atoms with E-state index in [9.17, 15) is 0 Å². The Kier molecular flexibility index (Phi) is 8.19. The molecule has 1 heterocycles. The Morgan fingerprint density at radius 2 is 0.828 bits per heavy atom. The van der Waals surface area contributed by atoms with Gasteiger partial charge in [0.25, 0.3) is 0 Å². The van der Waals surface area contributed by atoms with Gasteiger partial charge in [-0.2, -0.15) is 0 Å². The van der Waals surface area contributed by atoms with Crippen LogP contribution in [0.25, 0.3) is 82.4 Å². The lowest BCUT2D eigenvalue weighted by molar-refractivity contribution is 1.18. The molecule has 0 amide bonds. The molecule has 0 atom stereocenters. The second kappa shape index (κ2) is 14.1. The average Bonchev–Trinajstić information content (AvgIpc) is 3.65. The van der Waals surface area contributed by atoms with Gasteiger partial charge in [0.15, 0.2) is 0 Å². The fourth-order valence-corrected chi connectivity index (χ4v) is 8.76. The summed E-state index contributed by atoms with van der Waals surface area (Å²) in [5.74, 6) is 0. The molecular weight excluding hydrogens is 701 g/mol. The fourth-order valence-electron chi connectivity index (χ4n) is 8.76. The lowest BCUT2D eigenvalue weighted by atomic mass is 9.96.